The lowest BCUT2D eigenvalue weighted by Gasteiger charge is -2.06. The number of hydrogen-bond donors (Lipinski definition) is 1. The van der Waals surface area contributed by atoms with Crippen LogP contribution in [-0.4, -0.2) is 41.1 Å². The van der Waals surface area contributed by atoms with Gasteiger partial charge in [-0.05, 0) is 12.1 Å². The molecular formula is C17H15N7O2. The number of pyridine rings is 1. The van der Waals surface area contributed by atoms with Gasteiger partial charge < -0.3 is 4.74 Å². The SMILES string of the molecule is O=c1c(-c2cccnc2)c[nH]n1-c1cc(OCCn2cccn2)ncn1. The van der Waals surface area contributed by atoms with Crippen molar-refractivity contribution in [3.8, 4) is 22.8 Å². The Morgan fingerprint density at radius 3 is 2.96 bits per heavy atom. The maximum absolute atomic E-state index is 12.6. The molecule has 0 aliphatic carbocycles. The second kappa shape index (κ2) is 7.01. The summed E-state index contributed by atoms with van der Waals surface area (Å²) in [5.74, 6) is 0.779. The number of aromatic nitrogens is 7. The van der Waals surface area contributed by atoms with Crippen LogP contribution in [0.25, 0.3) is 16.9 Å². The average molecular weight is 349 g/mol. The highest BCUT2D eigenvalue weighted by Crippen LogP contribution is 2.14. The molecule has 0 radical (unpaired) electrons. The average Bonchev–Trinajstić information content (AvgIpc) is 3.32. The van der Waals surface area contributed by atoms with E-state index in [1.54, 1.807) is 41.6 Å². The van der Waals surface area contributed by atoms with E-state index in [9.17, 15) is 4.79 Å². The standard InChI is InChI=1S/C17H15N7O2/c25-17-14(13-3-1-4-18-10-13)11-22-24(17)15-9-16(20-12-19-15)26-8-7-23-6-2-5-21-23/h1-6,9-12,22H,7-8H2. The van der Waals surface area contributed by atoms with Crippen molar-refractivity contribution in [2.75, 3.05) is 6.61 Å². The minimum Gasteiger partial charge on any atom is -0.476 e. The van der Waals surface area contributed by atoms with Gasteiger partial charge in [-0.1, -0.05) is 6.07 Å². The molecule has 4 aromatic heterocycles. The van der Waals surface area contributed by atoms with Gasteiger partial charge in [-0.25, -0.2) is 14.6 Å². The Morgan fingerprint density at radius 1 is 1.19 bits per heavy atom. The molecule has 130 valence electrons. The maximum atomic E-state index is 12.6. The monoisotopic (exact) mass is 349 g/mol. The van der Waals surface area contributed by atoms with Crippen LogP contribution < -0.4 is 10.3 Å². The van der Waals surface area contributed by atoms with Gasteiger partial charge in [-0.15, -0.1) is 0 Å². The van der Waals surface area contributed by atoms with Gasteiger partial charge in [0.2, 0.25) is 5.88 Å². The van der Waals surface area contributed by atoms with Crippen LogP contribution >= 0.6 is 0 Å². The van der Waals surface area contributed by atoms with Crippen LogP contribution in [0.3, 0.4) is 0 Å². The first-order valence-corrected chi connectivity index (χ1v) is 7.95. The molecule has 0 spiro atoms. The summed E-state index contributed by atoms with van der Waals surface area (Å²) in [4.78, 5) is 24.9. The molecule has 0 aliphatic heterocycles. The highest BCUT2D eigenvalue weighted by molar-refractivity contribution is 5.60. The zero-order valence-corrected chi connectivity index (χ0v) is 13.7. The fourth-order valence-corrected chi connectivity index (χ4v) is 2.48. The fourth-order valence-electron chi connectivity index (χ4n) is 2.48. The van der Waals surface area contributed by atoms with E-state index >= 15 is 0 Å². The molecule has 4 rings (SSSR count). The Kier molecular flexibility index (Phi) is 4.25. The zero-order valence-electron chi connectivity index (χ0n) is 13.7. The second-order valence-electron chi connectivity index (χ2n) is 5.40. The van der Waals surface area contributed by atoms with Gasteiger partial charge in [0, 0.05) is 42.6 Å². The summed E-state index contributed by atoms with van der Waals surface area (Å²) in [6.07, 6.45) is 9.84. The molecule has 0 bridgehead atoms. The van der Waals surface area contributed by atoms with Crippen molar-refractivity contribution in [2.45, 2.75) is 6.54 Å². The van der Waals surface area contributed by atoms with E-state index in [1.807, 2.05) is 18.3 Å². The molecule has 0 saturated carbocycles. The number of hydrogen-bond acceptors (Lipinski definition) is 6. The number of H-pyrrole nitrogens is 1. The van der Waals surface area contributed by atoms with Gasteiger partial charge in [-0.2, -0.15) is 5.10 Å². The first kappa shape index (κ1) is 15.8. The fraction of sp³-hybridized carbons (Fsp3) is 0.118. The minimum absolute atomic E-state index is 0.223. The van der Waals surface area contributed by atoms with Gasteiger partial charge >= 0.3 is 0 Å². The van der Waals surface area contributed by atoms with Crippen molar-refractivity contribution in [3.05, 3.63) is 71.9 Å². The number of rotatable bonds is 6. The Bertz CT molecular complexity index is 1040. The van der Waals surface area contributed by atoms with Crippen molar-refractivity contribution < 1.29 is 4.74 Å². The predicted molar refractivity (Wildman–Crippen MR) is 92.9 cm³/mol. The van der Waals surface area contributed by atoms with Crippen LogP contribution in [0.2, 0.25) is 0 Å². The van der Waals surface area contributed by atoms with Gasteiger partial charge in [-0.3, -0.25) is 19.6 Å². The van der Waals surface area contributed by atoms with Crippen molar-refractivity contribution in [1.29, 1.82) is 0 Å². The van der Waals surface area contributed by atoms with Crippen LogP contribution in [0.5, 0.6) is 5.88 Å². The van der Waals surface area contributed by atoms with E-state index in [1.165, 1.54) is 11.0 Å². The van der Waals surface area contributed by atoms with Gasteiger partial charge in [0.05, 0.1) is 12.1 Å². The second-order valence-corrected chi connectivity index (χ2v) is 5.40. The van der Waals surface area contributed by atoms with Crippen LogP contribution in [0, 0.1) is 0 Å². The zero-order chi connectivity index (χ0) is 17.8. The largest absolute Gasteiger partial charge is 0.476 e. The molecule has 4 heterocycles. The van der Waals surface area contributed by atoms with E-state index in [4.69, 9.17) is 4.74 Å². The lowest BCUT2D eigenvalue weighted by atomic mass is 10.2. The molecule has 0 atom stereocenters. The first-order chi connectivity index (χ1) is 12.8. The summed E-state index contributed by atoms with van der Waals surface area (Å²) in [5, 5.41) is 7.02. The van der Waals surface area contributed by atoms with Gasteiger partial charge in [0.1, 0.15) is 12.9 Å². The van der Waals surface area contributed by atoms with Crippen molar-refractivity contribution in [1.82, 2.24) is 34.5 Å². The smallest absolute Gasteiger partial charge is 0.280 e. The summed E-state index contributed by atoms with van der Waals surface area (Å²) in [5.41, 5.74) is 1.02. The number of aromatic amines is 1. The molecular weight excluding hydrogens is 334 g/mol. The highest BCUT2D eigenvalue weighted by Gasteiger charge is 2.11. The van der Waals surface area contributed by atoms with Crippen LogP contribution in [0.1, 0.15) is 0 Å². The Balaban J connectivity index is 1.53. The van der Waals surface area contributed by atoms with E-state index in [0.717, 1.165) is 5.56 Å². The Morgan fingerprint density at radius 2 is 2.15 bits per heavy atom. The normalized spacial score (nSPS) is 10.8. The summed E-state index contributed by atoms with van der Waals surface area (Å²) < 4.78 is 8.72. The summed E-state index contributed by atoms with van der Waals surface area (Å²) in [6, 6.07) is 7.06. The van der Waals surface area contributed by atoms with Gasteiger partial charge in [0.15, 0.2) is 5.82 Å². The molecule has 1 N–H and O–H groups in total. The lowest BCUT2D eigenvalue weighted by Crippen LogP contribution is -2.17. The van der Waals surface area contributed by atoms with Gasteiger partial charge in [0.25, 0.3) is 5.56 Å². The first-order valence-electron chi connectivity index (χ1n) is 7.95. The Labute approximate surface area is 147 Å². The number of nitrogens with one attached hydrogen (secondary N) is 1. The van der Waals surface area contributed by atoms with Crippen molar-refractivity contribution in [2.24, 2.45) is 0 Å². The molecule has 4 aromatic rings. The molecule has 9 heteroatoms. The molecule has 9 nitrogen and oxygen atoms in total. The molecule has 0 aromatic carbocycles. The van der Waals surface area contributed by atoms with Crippen molar-refractivity contribution >= 4 is 0 Å². The molecule has 0 unspecified atom stereocenters. The van der Waals surface area contributed by atoms with E-state index in [-0.39, 0.29) is 5.56 Å². The predicted octanol–water partition coefficient (Wildman–Crippen LogP) is 1.29. The molecule has 0 amide bonds. The summed E-state index contributed by atoms with van der Waals surface area (Å²) >= 11 is 0. The number of ether oxygens (including phenoxy) is 1. The summed E-state index contributed by atoms with van der Waals surface area (Å²) in [6.45, 7) is 0.999. The third kappa shape index (κ3) is 3.22. The molecule has 0 fully saturated rings. The van der Waals surface area contributed by atoms with E-state index in [2.05, 4.69) is 25.1 Å². The maximum Gasteiger partial charge on any atom is 0.280 e. The Hall–Kier alpha value is -3.75. The topological polar surface area (TPSA) is 104 Å². The third-order valence-corrected chi connectivity index (χ3v) is 3.73. The van der Waals surface area contributed by atoms with E-state index < -0.39 is 0 Å². The lowest BCUT2D eigenvalue weighted by molar-refractivity contribution is 0.280. The molecule has 26 heavy (non-hydrogen) atoms. The third-order valence-electron chi connectivity index (χ3n) is 3.73. The quantitative estimate of drug-likeness (QED) is 0.563. The highest BCUT2D eigenvalue weighted by atomic mass is 16.5. The summed E-state index contributed by atoms with van der Waals surface area (Å²) in [7, 11) is 0. The van der Waals surface area contributed by atoms with Crippen LogP contribution in [0.15, 0.2) is 66.4 Å². The van der Waals surface area contributed by atoms with Crippen molar-refractivity contribution in [3.63, 3.8) is 0 Å². The number of nitrogens with zero attached hydrogens (tertiary/aromatic N) is 6. The minimum atomic E-state index is -0.223. The molecule has 0 saturated heterocycles. The van der Waals surface area contributed by atoms with Crippen LogP contribution in [-0.2, 0) is 6.54 Å². The van der Waals surface area contributed by atoms with E-state index in [0.29, 0.717) is 30.4 Å². The van der Waals surface area contributed by atoms with Crippen LogP contribution in [0.4, 0.5) is 0 Å². The molecule has 0 aliphatic rings.